The molecule has 1 heterocycles. The molecule has 26 heavy (non-hydrogen) atoms. The van der Waals surface area contributed by atoms with Crippen LogP contribution in [0.3, 0.4) is 0 Å². The molecule has 0 atom stereocenters. The molecule has 2 N–H and O–H groups in total. The van der Waals surface area contributed by atoms with Crippen molar-refractivity contribution in [2.75, 3.05) is 17.7 Å². The van der Waals surface area contributed by atoms with Crippen LogP contribution in [0.2, 0.25) is 0 Å². The standard InChI is InChI=1S/C19H22N5O2/c1-19(2,3)8-7-13-5-6-15(16(9-13)26-4)23-18(25)24-17-12-21-14(10-20)11-22-17/h5-6,8-9,11-12H,7H2,1-4H3,(H2,22,23,24,25). The number of nitrogens with one attached hydrogen (secondary N) is 2. The van der Waals surface area contributed by atoms with E-state index in [1.807, 2.05) is 18.2 Å². The van der Waals surface area contributed by atoms with Crippen LogP contribution in [0.25, 0.3) is 0 Å². The molecule has 135 valence electrons. The smallest absolute Gasteiger partial charge is 0.324 e. The molecule has 7 heteroatoms. The number of nitrogens with zero attached hydrogens (tertiary/aromatic N) is 3. The van der Waals surface area contributed by atoms with E-state index in [1.54, 1.807) is 13.2 Å². The van der Waals surface area contributed by atoms with Gasteiger partial charge in [-0.15, -0.1) is 0 Å². The summed E-state index contributed by atoms with van der Waals surface area (Å²) in [7, 11) is 1.56. The molecule has 0 aliphatic rings. The van der Waals surface area contributed by atoms with E-state index in [4.69, 9.17) is 10.00 Å². The van der Waals surface area contributed by atoms with Crippen LogP contribution in [0.15, 0.2) is 30.6 Å². The quantitative estimate of drug-likeness (QED) is 0.852. The van der Waals surface area contributed by atoms with Crippen molar-refractivity contribution in [3.8, 4) is 11.8 Å². The molecule has 1 aromatic heterocycles. The first kappa shape index (κ1) is 19.2. The summed E-state index contributed by atoms with van der Waals surface area (Å²) in [5, 5.41) is 14.0. The maximum Gasteiger partial charge on any atom is 0.324 e. The van der Waals surface area contributed by atoms with Crippen LogP contribution < -0.4 is 15.4 Å². The Morgan fingerprint density at radius 3 is 2.62 bits per heavy atom. The van der Waals surface area contributed by atoms with Gasteiger partial charge in [-0.25, -0.2) is 14.8 Å². The summed E-state index contributed by atoms with van der Waals surface area (Å²) in [6, 6.07) is 7.04. The molecule has 2 aromatic rings. The van der Waals surface area contributed by atoms with E-state index in [0.717, 1.165) is 12.0 Å². The lowest BCUT2D eigenvalue weighted by molar-refractivity contribution is 0.262. The molecule has 1 aromatic carbocycles. The van der Waals surface area contributed by atoms with Crippen molar-refractivity contribution >= 4 is 17.5 Å². The van der Waals surface area contributed by atoms with E-state index in [-0.39, 0.29) is 16.9 Å². The monoisotopic (exact) mass is 352 g/mol. The van der Waals surface area contributed by atoms with Gasteiger partial charge in [-0.2, -0.15) is 5.26 Å². The van der Waals surface area contributed by atoms with Gasteiger partial charge in [0.25, 0.3) is 0 Å². The van der Waals surface area contributed by atoms with E-state index in [9.17, 15) is 4.79 Å². The first-order valence-corrected chi connectivity index (χ1v) is 8.12. The number of rotatable bonds is 5. The van der Waals surface area contributed by atoms with Crippen molar-refractivity contribution < 1.29 is 9.53 Å². The van der Waals surface area contributed by atoms with Crippen LogP contribution >= 0.6 is 0 Å². The SMILES string of the molecule is COc1cc(C[CH]C(C)(C)C)ccc1NC(=O)Nc1cnc(C#N)cn1. The minimum absolute atomic E-state index is 0.131. The van der Waals surface area contributed by atoms with E-state index < -0.39 is 6.03 Å². The zero-order valence-corrected chi connectivity index (χ0v) is 15.3. The third kappa shape index (κ3) is 5.74. The second-order valence-corrected chi connectivity index (χ2v) is 6.79. The van der Waals surface area contributed by atoms with Crippen molar-refractivity contribution in [2.45, 2.75) is 27.2 Å². The molecule has 0 fully saturated rings. The fraction of sp³-hybridized carbons (Fsp3) is 0.316. The number of anilines is 2. The van der Waals surface area contributed by atoms with Crippen LogP contribution in [0, 0.1) is 23.2 Å². The van der Waals surface area contributed by atoms with Gasteiger partial charge in [0, 0.05) is 0 Å². The van der Waals surface area contributed by atoms with E-state index in [0.29, 0.717) is 11.4 Å². The van der Waals surface area contributed by atoms with Gasteiger partial charge in [-0.05, 0) is 36.0 Å². The normalized spacial score (nSPS) is 10.7. The third-order valence-electron chi connectivity index (χ3n) is 3.47. The van der Waals surface area contributed by atoms with Crippen molar-refractivity contribution in [2.24, 2.45) is 5.41 Å². The number of hydrogen-bond donors (Lipinski definition) is 2. The predicted molar refractivity (Wildman–Crippen MR) is 99.8 cm³/mol. The van der Waals surface area contributed by atoms with Gasteiger partial charge in [0.1, 0.15) is 11.8 Å². The summed E-state index contributed by atoms with van der Waals surface area (Å²) in [5.41, 5.74) is 1.96. The van der Waals surface area contributed by atoms with Gasteiger partial charge in [-0.3, -0.25) is 5.32 Å². The average molecular weight is 352 g/mol. The Morgan fingerprint density at radius 1 is 1.27 bits per heavy atom. The summed E-state index contributed by atoms with van der Waals surface area (Å²) in [6.07, 6.45) is 5.65. The fourth-order valence-corrected chi connectivity index (χ4v) is 2.11. The molecular formula is C19H22N5O2. The number of nitriles is 1. The summed E-state index contributed by atoms with van der Waals surface area (Å²) in [5.74, 6) is 0.822. The number of urea groups is 1. The number of amides is 2. The lowest BCUT2D eigenvalue weighted by Crippen LogP contribution is -2.20. The van der Waals surface area contributed by atoms with Gasteiger partial charge in [0.05, 0.1) is 25.2 Å². The first-order valence-electron chi connectivity index (χ1n) is 8.12. The molecule has 0 aliphatic heterocycles. The van der Waals surface area contributed by atoms with Crippen LogP contribution in [0.1, 0.15) is 32.0 Å². The zero-order valence-electron chi connectivity index (χ0n) is 15.3. The minimum atomic E-state index is -0.476. The molecule has 0 saturated carbocycles. The Balaban J connectivity index is 2.03. The van der Waals surface area contributed by atoms with E-state index >= 15 is 0 Å². The zero-order chi connectivity index (χ0) is 19.2. The molecule has 2 amide bonds. The number of carbonyl (C=O) groups is 1. The summed E-state index contributed by atoms with van der Waals surface area (Å²) in [6.45, 7) is 6.45. The maximum absolute atomic E-state index is 12.1. The summed E-state index contributed by atoms with van der Waals surface area (Å²) >= 11 is 0. The number of hydrogen-bond acceptors (Lipinski definition) is 5. The van der Waals surface area contributed by atoms with Gasteiger partial charge >= 0.3 is 6.03 Å². The number of aromatic nitrogens is 2. The highest BCUT2D eigenvalue weighted by Gasteiger charge is 2.13. The summed E-state index contributed by atoms with van der Waals surface area (Å²) in [4.78, 5) is 19.9. The third-order valence-corrected chi connectivity index (χ3v) is 3.47. The Morgan fingerprint density at radius 2 is 2.04 bits per heavy atom. The van der Waals surface area contributed by atoms with E-state index in [2.05, 4.69) is 47.8 Å². The van der Waals surface area contributed by atoms with E-state index in [1.165, 1.54) is 12.4 Å². The topological polar surface area (TPSA) is 99.9 Å². The summed E-state index contributed by atoms with van der Waals surface area (Å²) < 4.78 is 5.38. The molecule has 0 aliphatic carbocycles. The van der Waals surface area contributed by atoms with Crippen LogP contribution in [0.4, 0.5) is 16.3 Å². The van der Waals surface area contributed by atoms with Crippen LogP contribution in [-0.2, 0) is 6.42 Å². The Labute approximate surface area is 153 Å². The Kier molecular flexibility index (Phi) is 6.12. The number of carbonyl (C=O) groups excluding carboxylic acids is 1. The molecule has 0 bridgehead atoms. The molecule has 2 rings (SSSR count). The fourth-order valence-electron chi connectivity index (χ4n) is 2.11. The number of ether oxygens (including phenoxy) is 1. The highest BCUT2D eigenvalue weighted by Crippen LogP contribution is 2.28. The molecule has 0 unspecified atom stereocenters. The molecule has 1 radical (unpaired) electrons. The first-order chi connectivity index (χ1) is 12.3. The highest BCUT2D eigenvalue weighted by atomic mass is 16.5. The molecular weight excluding hydrogens is 330 g/mol. The Bertz CT molecular complexity index is 804. The minimum Gasteiger partial charge on any atom is -0.495 e. The maximum atomic E-state index is 12.1. The molecule has 7 nitrogen and oxygen atoms in total. The highest BCUT2D eigenvalue weighted by molar-refractivity contribution is 6.00. The van der Waals surface area contributed by atoms with Gasteiger partial charge in [-0.1, -0.05) is 26.8 Å². The molecule has 0 spiro atoms. The number of methoxy groups -OCH3 is 1. The van der Waals surface area contributed by atoms with Crippen LogP contribution in [0.5, 0.6) is 5.75 Å². The van der Waals surface area contributed by atoms with Gasteiger partial charge in [0.15, 0.2) is 11.5 Å². The molecule has 0 saturated heterocycles. The predicted octanol–water partition coefficient (Wildman–Crippen LogP) is 3.79. The Hall–Kier alpha value is -3.14. The average Bonchev–Trinajstić information content (AvgIpc) is 2.60. The van der Waals surface area contributed by atoms with Crippen molar-refractivity contribution in [3.05, 3.63) is 48.3 Å². The van der Waals surface area contributed by atoms with Crippen molar-refractivity contribution in [3.63, 3.8) is 0 Å². The van der Waals surface area contributed by atoms with Crippen molar-refractivity contribution in [1.82, 2.24) is 9.97 Å². The van der Waals surface area contributed by atoms with Crippen molar-refractivity contribution in [1.29, 1.82) is 5.26 Å². The number of benzene rings is 1. The lowest BCUT2D eigenvalue weighted by atomic mass is 9.88. The van der Waals surface area contributed by atoms with Crippen LogP contribution in [-0.4, -0.2) is 23.1 Å². The van der Waals surface area contributed by atoms with Gasteiger partial charge in [0.2, 0.25) is 0 Å². The largest absolute Gasteiger partial charge is 0.495 e. The second-order valence-electron chi connectivity index (χ2n) is 6.79. The van der Waals surface area contributed by atoms with Gasteiger partial charge < -0.3 is 10.1 Å². The second kappa shape index (κ2) is 8.30. The lowest BCUT2D eigenvalue weighted by Gasteiger charge is -2.18.